The van der Waals surface area contributed by atoms with E-state index in [0.717, 1.165) is 5.56 Å². The van der Waals surface area contributed by atoms with Crippen molar-refractivity contribution < 1.29 is 4.79 Å². The molecule has 2 N–H and O–H groups in total. The van der Waals surface area contributed by atoms with Crippen molar-refractivity contribution in [3.8, 4) is 6.07 Å². The second kappa shape index (κ2) is 7.90. The number of carbonyl (C=O) groups excluding carboxylic acids is 1. The Bertz CT molecular complexity index is 943. The second-order valence-corrected chi connectivity index (χ2v) is 5.78. The first-order valence-corrected chi connectivity index (χ1v) is 8.07. The average molecular weight is 343 g/mol. The summed E-state index contributed by atoms with van der Waals surface area (Å²) < 4.78 is 0. The molecule has 2 aromatic carbocycles. The van der Waals surface area contributed by atoms with Gasteiger partial charge in [0.05, 0.1) is 17.2 Å². The average Bonchev–Trinajstić information content (AvgIpc) is 2.67. The van der Waals surface area contributed by atoms with E-state index in [-0.39, 0.29) is 5.91 Å². The van der Waals surface area contributed by atoms with Crippen LogP contribution in [0.1, 0.15) is 27.0 Å². The number of nitriles is 1. The van der Waals surface area contributed by atoms with Gasteiger partial charge in [-0.25, -0.2) is 9.97 Å². The summed E-state index contributed by atoms with van der Waals surface area (Å²) in [6.07, 6.45) is 2.95. The van der Waals surface area contributed by atoms with Gasteiger partial charge in [0.15, 0.2) is 0 Å². The third-order valence-corrected chi connectivity index (χ3v) is 3.72. The summed E-state index contributed by atoms with van der Waals surface area (Å²) in [5.41, 5.74) is 3.83. The smallest absolute Gasteiger partial charge is 0.258 e. The Morgan fingerprint density at radius 3 is 2.50 bits per heavy atom. The second-order valence-electron chi connectivity index (χ2n) is 5.78. The van der Waals surface area contributed by atoms with Gasteiger partial charge in [0.2, 0.25) is 5.95 Å². The molecule has 0 aliphatic carbocycles. The number of amides is 1. The molecule has 0 bridgehead atoms. The summed E-state index contributed by atoms with van der Waals surface area (Å²) >= 11 is 0. The lowest BCUT2D eigenvalue weighted by atomic mass is 10.1. The number of rotatable bonds is 5. The monoisotopic (exact) mass is 343 g/mol. The van der Waals surface area contributed by atoms with Gasteiger partial charge in [0.25, 0.3) is 5.91 Å². The van der Waals surface area contributed by atoms with Gasteiger partial charge in [-0.1, -0.05) is 29.8 Å². The topological polar surface area (TPSA) is 90.7 Å². The Hall–Kier alpha value is -3.72. The van der Waals surface area contributed by atoms with Gasteiger partial charge >= 0.3 is 0 Å². The molecule has 0 aliphatic rings. The Kier molecular flexibility index (Phi) is 5.20. The van der Waals surface area contributed by atoms with E-state index in [1.165, 1.54) is 18.0 Å². The van der Waals surface area contributed by atoms with Crippen LogP contribution in [0.25, 0.3) is 0 Å². The zero-order chi connectivity index (χ0) is 18.4. The highest BCUT2D eigenvalue weighted by molar-refractivity contribution is 6.03. The summed E-state index contributed by atoms with van der Waals surface area (Å²) in [7, 11) is 0. The van der Waals surface area contributed by atoms with Gasteiger partial charge in [-0.3, -0.25) is 4.79 Å². The van der Waals surface area contributed by atoms with Crippen molar-refractivity contribution in [1.82, 2.24) is 9.97 Å². The molecule has 0 radical (unpaired) electrons. The van der Waals surface area contributed by atoms with E-state index in [2.05, 4.69) is 26.7 Å². The van der Waals surface area contributed by atoms with Crippen LogP contribution < -0.4 is 10.6 Å². The Morgan fingerprint density at radius 2 is 1.85 bits per heavy atom. The highest BCUT2D eigenvalue weighted by Gasteiger charge is 2.08. The van der Waals surface area contributed by atoms with Gasteiger partial charge < -0.3 is 10.6 Å². The van der Waals surface area contributed by atoms with Crippen molar-refractivity contribution in [2.45, 2.75) is 13.5 Å². The van der Waals surface area contributed by atoms with Crippen LogP contribution in [0.5, 0.6) is 0 Å². The molecule has 1 aromatic heterocycles. The minimum atomic E-state index is -0.306. The number of anilines is 2. The summed E-state index contributed by atoms with van der Waals surface area (Å²) in [6.45, 7) is 2.65. The minimum absolute atomic E-state index is 0.306. The predicted molar refractivity (Wildman–Crippen MR) is 99.6 cm³/mol. The molecule has 0 atom stereocenters. The number of aromatic nitrogens is 2. The molecule has 26 heavy (non-hydrogen) atoms. The first-order chi connectivity index (χ1) is 12.6. The van der Waals surface area contributed by atoms with Crippen LogP contribution in [0, 0.1) is 18.3 Å². The summed E-state index contributed by atoms with van der Waals surface area (Å²) in [4.78, 5) is 20.6. The number of hydrogen-bond acceptors (Lipinski definition) is 5. The zero-order valence-corrected chi connectivity index (χ0v) is 14.2. The van der Waals surface area contributed by atoms with Crippen molar-refractivity contribution in [2.24, 2.45) is 0 Å². The lowest BCUT2D eigenvalue weighted by molar-refractivity contribution is 0.102. The summed E-state index contributed by atoms with van der Waals surface area (Å²) in [5.74, 6) is 0.154. The van der Waals surface area contributed by atoms with Crippen molar-refractivity contribution in [2.75, 3.05) is 10.6 Å². The molecule has 0 fully saturated rings. The number of carbonyl (C=O) groups is 1. The van der Waals surface area contributed by atoms with Crippen LogP contribution in [0.2, 0.25) is 0 Å². The number of nitrogens with one attached hydrogen (secondary N) is 2. The van der Waals surface area contributed by atoms with Crippen LogP contribution >= 0.6 is 0 Å². The molecule has 1 heterocycles. The van der Waals surface area contributed by atoms with E-state index in [9.17, 15) is 4.79 Å². The third-order valence-electron chi connectivity index (χ3n) is 3.72. The molecule has 0 aliphatic heterocycles. The summed E-state index contributed by atoms with van der Waals surface area (Å²) in [6, 6.07) is 16.8. The fourth-order valence-electron chi connectivity index (χ4n) is 2.37. The van der Waals surface area contributed by atoms with Crippen LogP contribution in [-0.4, -0.2) is 15.9 Å². The molecule has 3 rings (SSSR count). The fraction of sp³-hybridized carbons (Fsp3) is 0.100. The van der Waals surface area contributed by atoms with Gasteiger partial charge in [-0.15, -0.1) is 0 Å². The Labute approximate surface area is 151 Å². The maximum absolute atomic E-state index is 12.2. The van der Waals surface area contributed by atoms with E-state index < -0.39 is 0 Å². The SMILES string of the molecule is Cc1cccc(CNc2ncc(C(=O)Nc3ccc(C#N)cc3)cn2)c1. The van der Waals surface area contributed by atoms with Crippen molar-refractivity contribution in [3.63, 3.8) is 0 Å². The number of aryl methyl sites for hydroxylation is 1. The maximum atomic E-state index is 12.2. The third kappa shape index (κ3) is 4.42. The minimum Gasteiger partial charge on any atom is -0.350 e. The van der Waals surface area contributed by atoms with Crippen LogP contribution in [-0.2, 0) is 6.54 Å². The number of hydrogen-bond donors (Lipinski definition) is 2. The van der Waals surface area contributed by atoms with Crippen molar-refractivity contribution in [1.29, 1.82) is 5.26 Å². The summed E-state index contributed by atoms with van der Waals surface area (Å²) in [5, 5.41) is 14.7. The Balaban J connectivity index is 1.59. The highest BCUT2D eigenvalue weighted by atomic mass is 16.1. The maximum Gasteiger partial charge on any atom is 0.258 e. The predicted octanol–water partition coefficient (Wildman–Crippen LogP) is 3.52. The van der Waals surface area contributed by atoms with E-state index in [1.54, 1.807) is 24.3 Å². The van der Waals surface area contributed by atoms with Gasteiger partial charge in [0, 0.05) is 24.6 Å². The van der Waals surface area contributed by atoms with E-state index in [4.69, 9.17) is 5.26 Å². The molecule has 3 aromatic rings. The molecule has 1 amide bonds. The van der Waals surface area contributed by atoms with Crippen LogP contribution in [0.4, 0.5) is 11.6 Å². The highest BCUT2D eigenvalue weighted by Crippen LogP contribution is 2.11. The first-order valence-electron chi connectivity index (χ1n) is 8.07. The van der Waals surface area contributed by atoms with Crippen molar-refractivity contribution in [3.05, 3.63) is 83.2 Å². The number of nitrogens with zero attached hydrogens (tertiary/aromatic N) is 3. The quantitative estimate of drug-likeness (QED) is 0.739. The molecule has 6 heteroatoms. The molecule has 0 unspecified atom stereocenters. The van der Waals surface area contributed by atoms with Gasteiger partial charge in [0.1, 0.15) is 0 Å². The lowest BCUT2D eigenvalue weighted by Crippen LogP contribution is -2.13. The molecule has 0 saturated carbocycles. The standard InChI is InChI=1S/C20H17N5O/c1-14-3-2-4-16(9-14)11-22-20-23-12-17(13-24-20)19(26)25-18-7-5-15(10-21)6-8-18/h2-9,12-13H,11H2,1H3,(H,25,26)(H,22,23,24). The molecular weight excluding hydrogens is 326 g/mol. The number of benzene rings is 2. The van der Waals surface area contributed by atoms with Crippen molar-refractivity contribution >= 4 is 17.5 Å². The first kappa shape index (κ1) is 17.1. The molecule has 128 valence electrons. The van der Waals surface area contributed by atoms with Gasteiger partial charge in [-0.2, -0.15) is 5.26 Å². The van der Waals surface area contributed by atoms with Crippen LogP contribution in [0.15, 0.2) is 60.9 Å². The zero-order valence-electron chi connectivity index (χ0n) is 14.2. The molecule has 0 spiro atoms. The molecular formula is C20H17N5O. The fourth-order valence-corrected chi connectivity index (χ4v) is 2.37. The van der Waals surface area contributed by atoms with E-state index in [1.807, 2.05) is 31.2 Å². The molecule has 6 nitrogen and oxygen atoms in total. The Morgan fingerprint density at radius 1 is 1.12 bits per heavy atom. The van der Waals surface area contributed by atoms with E-state index in [0.29, 0.717) is 29.3 Å². The van der Waals surface area contributed by atoms with Crippen LogP contribution in [0.3, 0.4) is 0 Å². The lowest BCUT2D eigenvalue weighted by Gasteiger charge is -2.07. The largest absolute Gasteiger partial charge is 0.350 e. The normalized spacial score (nSPS) is 10.0. The van der Waals surface area contributed by atoms with Gasteiger partial charge in [-0.05, 0) is 36.8 Å². The molecule has 0 saturated heterocycles. The van der Waals surface area contributed by atoms with E-state index >= 15 is 0 Å².